The van der Waals surface area contributed by atoms with E-state index in [4.69, 9.17) is 0 Å². The van der Waals surface area contributed by atoms with Gasteiger partial charge in [0.15, 0.2) is 0 Å². The van der Waals surface area contributed by atoms with Crippen molar-refractivity contribution in [2.75, 3.05) is 0 Å². The topological polar surface area (TPSA) is 0 Å². The quantitative estimate of drug-likeness (QED) is 0.353. The number of rotatable bonds is 0. The van der Waals surface area contributed by atoms with Gasteiger partial charge in [0, 0.05) is 24.3 Å². The summed E-state index contributed by atoms with van der Waals surface area (Å²) in [5, 5.41) is 0. The lowest BCUT2D eigenvalue weighted by atomic mass is 10.1. The molecule has 0 nitrogen and oxygen atoms in total. The van der Waals surface area contributed by atoms with Crippen molar-refractivity contribution in [3.8, 4) is 11.1 Å². The van der Waals surface area contributed by atoms with Crippen LogP contribution in [-0.4, -0.2) is 0 Å². The van der Waals surface area contributed by atoms with E-state index in [0.29, 0.717) is 0 Å². The summed E-state index contributed by atoms with van der Waals surface area (Å²) in [6.45, 7) is 0. The smallest absolute Gasteiger partial charge is 0.0228 e. The first kappa shape index (κ1) is 12.4. The second kappa shape index (κ2) is 4.48. The number of fused-ring (bicyclic) bond motifs is 3. The number of hydrogen-bond acceptors (Lipinski definition) is 0. The monoisotopic (exact) mass is 478 g/mol. The normalized spacial score (nSPS) is 12.5. The zero-order valence-electron chi connectivity index (χ0n) is 8.53. The maximum atomic E-state index is 3.64. The van der Waals surface area contributed by atoms with E-state index in [-0.39, 0.29) is 0 Å². The Morgan fingerprint density at radius 1 is 0.647 bits per heavy atom. The predicted octanol–water partition coefficient (Wildman–Crippen LogP) is 6.31. The third-order valence-corrected chi connectivity index (χ3v) is 5.29. The SMILES string of the molecule is Brc1cc(Br)c2c(c1)-c1cc(Br)cc(Br)c1C2. The molecular weight excluding hydrogens is 476 g/mol. The second-order valence-electron chi connectivity index (χ2n) is 4.00. The van der Waals surface area contributed by atoms with Gasteiger partial charge in [-0.15, -0.1) is 0 Å². The first-order valence-corrected chi connectivity index (χ1v) is 8.19. The van der Waals surface area contributed by atoms with Crippen molar-refractivity contribution in [3.63, 3.8) is 0 Å². The third-order valence-electron chi connectivity index (χ3n) is 2.96. The molecule has 86 valence electrons. The summed E-state index contributed by atoms with van der Waals surface area (Å²) in [6, 6.07) is 8.58. The molecule has 0 bridgehead atoms. The molecule has 0 spiro atoms. The van der Waals surface area contributed by atoms with Crippen molar-refractivity contribution in [1.82, 2.24) is 0 Å². The van der Waals surface area contributed by atoms with Gasteiger partial charge in [-0.1, -0.05) is 63.7 Å². The molecule has 0 radical (unpaired) electrons. The highest BCUT2D eigenvalue weighted by atomic mass is 79.9. The first-order chi connectivity index (χ1) is 8.06. The van der Waals surface area contributed by atoms with Gasteiger partial charge in [-0.2, -0.15) is 0 Å². The fourth-order valence-electron chi connectivity index (χ4n) is 2.22. The van der Waals surface area contributed by atoms with Crippen molar-refractivity contribution in [1.29, 1.82) is 0 Å². The van der Waals surface area contributed by atoms with Crippen LogP contribution in [0.4, 0.5) is 0 Å². The van der Waals surface area contributed by atoms with E-state index < -0.39 is 0 Å². The highest BCUT2D eigenvalue weighted by molar-refractivity contribution is 9.11. The van der Waals surface area contributed by atoms with Gasteiger partial charge in [-0.25, -0.2) is 0 Å². The Bertz CT molecular complexity index is 576. The van der Waals surface area contributed by atoms with Crippen molar-refractivity contribution >= 4 is 63.7 Å². The zero-order valence-corrected chi connectivity index (χ0v) is 14.9. The molecular formula is C13H6Br4. The van der Waals surface area contributed by atoms with Crippen LogP contribution in [0, 0.1) is 0 Å². The summed E-state index contributed by atoms with van der Waals surface area (Å²) in [5.41, 5.74) is 5.34. The van der Waals surface area contributed by atoms with Crippen molar-refractivity contribution in [2.45, 2.75) is 6.42 Å². The molecule has 0 saturated carbocycles. The van der Waals surface area contributed by atoms with Gasteiger partial charge < -0.3 is 0 Å². The molecule has 1 aliphatic carbocycles. The predicted molar refractivity (Wildman–Crippen MR) is 85.5 cm³/mol. The lowest BCUT2D eigenvalue weighted by Gasteiger charge is -2.05. The van der Waals surface area contributed by atoms with Crippen LogP contribution in [0.25, 0.3) is 11.1 Å². The van der Waals surface area contributed by atoms with E-state index in [1.54, 1.807) is 0 Å². The summed E-state index contributed by atoms with van der Waals surface area (Å²) in [6.07, 6.45) is 0.979. The Balaban J connectivity index is 2.34. The molecule has 0 aliphatic heterocycles. The lowest BCUT2D eigenvalue weighted by molar-refractivity contribution is 1.23. The molecule has 0 aromatic heterocycles. The van der Waals surface area contributed by atoms with Gasteiger partial charge in [-0.3, -0.25) is 0 Å². The Hall–Kier alpha value is 0.360. The molecule has 3 rings (SSSR count). The van der Waals surface area contributed by atoms with E-state index in [0.717, 1.165) is 15.4 Å². The van der Waals surface area contributed by atoms with E-state index in [2.05, 4.69) is 88.0 Å². The molecule has 0 unspecified atom stereocenters. The maximum absolute atomic E-state index is 3.64. The van der Waals surface area contributed by atoms with Gasteiger partial charge in [-0.05, 0) is 46.5 Å². The average Bonchev–Trinajstić information content (AvgIpc) is 2.58. The summed E-state index contributed by atoms with van der Waals surface area (Å²) in [4.78, 5) is 0. The molecule has 4 heteroatoms. The first-order valence-electron chi connectivity index (χ1n) is 5.02. The van der Waals surface area contributed by atoms with E-state index in [9.17, 15) is 0 Å². The van der Waals surface area contributed by atoms with Crippen LogP contribution in [0.5, 0.6) is 0 Å². The lowest BCUT2D eigenvalue weighted by Crippen LogP contribution is -1.83. The highest BCUT2D eigenvalue weighted by Gasteiger charge is 2.23. The van der Waals surface area contributed by atoms with E-state index in [1.807, 2.05) is 0 Å². The number of benzene rings is 2. The zero-order chi connectivity index (χ0) is 12.2. The summed E-state index contributed by atoms with van der Waals surface area (Å²) >= 11 is 14.4. The molecule has 0 amide bonds. The van der Waals surface area contributed by atoms with Gasteiger partial charge in [0.2, 0.25) is 0 Å². The maximum Gasteiger partial charge on any atom is 0.0228 e. The summed E-state index contributed by atoms with van der Waals surface area (Å²) < 4.78 is 4.54. The second-order valence-corrected chi connectivity index (χ2v) is 7.54. The van der Waals surface area contributed by atoms with Crippen LogP contribution < -0.4 is 0 Å². The molecule has 2 aromatic carbocycles. The van der Waals surface area contributed by atoms with Crippen LogP contribution in [0.1, 0.15) is 11.1 Å². The largest absolute Gasteiger partial charge is 0.0508 e. The molecule has 0 atom stereocenters. The Labute approximate surface area is 133 Å². The standard InChI is InChI=1S/C13H6Br4/c14-6-1-8-9-2-7(15)4-13(17)11(9)5-10(8)12(16)3-6/h1-4H,5H2. The van der Waals surface area contributed by atoms with Gasteiger partial charge >= 0.3 is 0 Å². The third kappa shape index (κ3) is 2.07. The van der Waals surface area contributed by atoms with E-state index in [1.165, 1.54) is 31.2 Å². The van der Waals surface area contributed by atoms with Gasteiger partial charge in [0.25, 0.3) is 0 Å². The van der Waals surface area contributed by atoms with Gasteiger partial charge in [0.1, 0.15) is 0 Å². The fraction of sp³-hybridized carbons (Fsp3) is 0.0769. The summed E-state index contributed by atoms with van der Waals surface area (Å²) in [7, 11) is 0. The van der Waals surface area contributed by atoms with Gasteiger partial charge in [0.05, 0.1) is 0 Å². The van der Waals surface area contributed by atoms with Crippen LogP contribution in [0.3, 0.4) is 0 Å². The highest BCUT2D eigenvalue weighted by Crippen LogP contribution is 2.45. The Kier molecular flexibility index (Phi) is 3.27. The van der Waals surface area contributed by atoms with Crippen molar-refractivity contribution in [3.05, 3.63) is 53.3 Å². The molecule has 0 heterocycles. The van der Waals surface area contributed by atoms with Crippen LogP contribution in [-0.2, 0) is 6.42 Å². The number of hydrogen-bond donors (Lipinski definition) is 0. The molecule has 0 N–H and O–H groups in total. The molecule has 0 saturated heterocycles. The molecule has 17 heavy (non-hydrogen) atoms. The Morgan fingerprint density at radius 2 is 1.06 bits per heavy atom. The Morgan fingerprint density at radius 3 is 1.47 bits per heavy atom. The van der Waals surface area contributed by atoms with Crippen molar-refractivity contribution < 1.29 is 0 Å². The molecule has 0 fully saturated rings. The minimum atomic E-state index is 0.979. The minimum absolute atomic E-state index is 0.979. The fourth-order valence-corrected chi connectivity index (χ4v) is 4.95. The van der Waals surface area contributed by atoms with Crippen LogP contribution in [0.2, 0.25) is 0 Å². The summed E-state index contributed by atoms with van der Waals surface area (Å²) in [5.74, 6) is 0. The van der Waals surface area contributed by atoms with Crippen molar-refractivity contribution in [2.24, 2.45) is 0 Å². The average molecular weight is 482 g/mol. The molecule has 2 aromatic rings. The van der Waals surface area contributed by atoms with Crippen LogP contribution >= 0.6 is 63.7 Å². The number of halogens is 4. The van der Waals surface area contributed by atoms with E-state index >= 15 is 0 Å². The van der Waals surface area contributed by atoms with Crippen LogP contribution in [0.15, 0.2) is 42.2 Å². The minimum Gasteiger partial charge on any atom is -0.0508 e. The molecule has 1 aliphatic rings.